The number of hydrogen-bond donors (Lipinski definition) is 1. The number of hydrogen-bond acceptors (Lipinski definition) is 5. The van der Waals surface area contributed by atoms with E-state index in [9.17, 15) is 4.39 Å². The van der Waals surface area contributed by atoms with Crippen LogP contribution in [-0.2, 0) is 6.54 Å². The van der Waals surface area contributed by atoms with Gasteiger partial charge in [-0.2, -0.15) is 0 Å². The minimum absolute atomic E-state index is 0.345. The van der Waals surface area contributed by atoms with Crippen LogP contribution in [-0.4, -0.2) is 21.7 Å². The third-order valence-corrected chi connectivity index (χ3v) is 3.19. The molecule has 0 aliphatic rings. The Labute approximate surface area is 109 Å². The van der Waals surface area contributed by atoms with Gasteiger partial charge >= 0.3 is 0 Å². The molecule has 0 radical (unpaired) electrons. The molecule has 96 valence electrons. The minimum atomic E-state index is -0.345. The SMILES string of the molecule is CC(C)CNCc1nnc(-c2ccc(F)cn2)s1. The fourth-order valence-corrected chi connectivity index (χ4v) is 2.18. The van der Waals surface area contributed by atoms with Crippen molar-refractivity contribution in [3.05, 3.63) is 29.2 Å². The van der Waals surface area contributed by atoms with Gasteiger partial charge in [0, 0.05) is 6.54 Å². The van der Waals surface area contributed by atoms with Crippen LogP contribution in [0.4, 0.5) is 4.39 Å². The maximum atomic E-state index is 12.7. The molecule has 0 unspecified atom stereocenters. The molecule has 0 saturated heterocycles. The van der Waals surface area contributed by atoms with Gasteiger partial charge in [0.25, 0.3) is 0 Å². The van der Waals surface area contributed by atoms with Crippen LogP contribution in [0, 0.1) is 11.7 Å². The Morgan fingerprint density at radius 3 is 2.83 bits per heavy atom. The summed E-state index contributed by atoms with van der Waals surface area (Å²) < 4.78 is 12.7. The fraction of sp³-hybridized carbons (Fsp3) is 0.417. The molecule has 0 aliphatic heterocycles. The Morgan fingerprint density at radius 2 is 2.17 bits per heavy atom. The van der Waals surface area contributed by atoms with Crippen molar-refractivity contribution in [3.8, 4) is 10.7 Å². The zero-order chi connectivity index (χ0) is 13.0. The maximum Gasteiger partial charge on any atom is 0.166 e. The molecule has 2 heterocycles. The molecule has 0 amide bonds. The van der Waals surface area contributed by atoms with E-state index < -0.39 is 0 Å². The van der Waals surface area contributed by atoms with Gasteiger partial charge in [0.05, 0.1) is 6.20 Å². The molecule has 2 aromatic heterocycles. The number of halogens is 1. The normalized spacial score (nSPS) is 11.1. The van der Waals surface area contributed by atoms with Crippen LogP contribution in [0.25, 0.3) is 10.7 Å². The molecule has 0 aromatic carbocycles. The summed E-state index contributed by atoms with van der Waals surface area (Å²) in [6.07, 6.45) is 1.19. The van der Waals surface area contributed by atoms with E-state index in [0.717, 1.165) is 16.6 Å². The van der Waals surface area contributed by atoms with Crippen molar-refractivity contribution in [2.24, 2.45) is 5.92 Å². The lowest BCUT2D eigenvalue weighted by atomic mass is 10.2. The average molecular weight is 266 g/mol. The van der Waals surface area contributed by atoms with E-state index in [0.29, 0.717) is 18.2 Å². The van der Waals surface area contributed by atoms with E-state index in [2.05, 4.69) is 34.3 Å². The molecule has 2 aromatic rings. The molecule has 4 nitrogen and oxygen atoms in total. The van der Waals surface area contributed by atoms with E-state index in [-0.39, 0.29) is 5.82 Å². The first-order chi connectivity index (χ1) is 8.65. The van der Waals surface area contributed by atoms with Gasteiger partial charge in [0.2, 0.25) is 0 Å². The number of rotatable bonds is 5. The van der Waals surface area contributed by atoms with E-state index in [1.54, 1.807) is 6.07 Å². The van der Waals surface area contributed by atoms with Crippen molar-refractivity contribution in [3.63, 3.8) is 0 Å². The monoisotopic (exact) mass is 266 g/mol. The molecule has 1 N–H and O–H groups in total. The Kier molecular flexibility index (Phi) is 4.33. The molecule has 0 fully saturated rings. The van der Waals surface area contributed by atoms with Crippen LogP contribution in [0.3, 0.4) is 0 Å². The lowest BCUT2D eigenvalue weighted by Crippen LogP contribution is -2.18. The second kappa shape index (κ2) is 5.97. The highest BCUT2D eigenvalue weighted by Crippen LogP contribution is 2.21. The van der Waals surface area contributed by atoms with E-state index in [1.165, 1.54) is 23.6 Å². The van der Waals surface area contributed by atoms with Crippen molar-refractivity contribution in [2.45, 2.75) is 20.4 Å². The number of nitrogens with zero attached hydrogens (tertiary/aromatic N) is 3. The standard InChI is InChI=1S/C12H15FN4S/c1-8(2)5-14-7-11-16-17-12(18-11)10-4-3-9(13)6-15-10/h3-4,6,8,14H,5,7H2,1-2H3. The molecule has 0 spiro atoms. The largest absolute Gasteiger partial charge is 0.310 e. The van der Waals surface area contributed by atoms with Crippen LogP contribution in [0.5, 0.6) is 0 Å². The van der Waals surface area contributed by atoms with Crippen LogP contribution >= 0.6 is 11.3 Å². The van der Waals surface area contributed by atoms with Crippen LogP contribution < -0.4 is 5.32 Å². The molecule has 0 saturated carbocycles. The van der Waals surface area contributed by atoms with Gasteiger partial charge in [-0.3, -0.25) is 4.98 Å². The minimum Gasteiger partial charge on any atom is -0.310 e. The highest BCUT2D eigenvalue weighted by atomic mass is 32.1. The quantitative estimate of drug-likeness (QED) is 0.903. The molecular formula is C12H15FN4S. The van der Waals surface area contributed by atoms with Crippen molar-refractivity contribution in [1.29, 1.82) is 0 Å². The summed E-state index contributed by atoms with van der Waals surface area (Å²) in [6.45, 7) is 5.96. The maximum absolute atomic E-state index is 12.7. The number of aromatic nitrogens is 3. The summed E-state index contributed by atoms with van der Waals surface area (Å²) in [5.41, 5.74) is 0.656. The topological polar surface area (TPSA) is 50.7 Å². The smallest absolute Gasteiger partial charge is 0.166 e. The molecule has 0 atom stereocenters. The van der Waals surface area contributed by atoms with Gasteiger partial charge in [-0.25, -0.2) is 4.39 Å². The molecule has 0 bridgehead atoms. The fourth-order valence-electron chi connectivity index (χ4n) is 1.40. The Bertz CT molecular complexity index is 495. The van der Waals surface area contributed by atoms with E-state index >= 15 is 0 Å². The predicted molar refractivity (Wildman–Crippen MR) is 69.6 cm³/mol. The van der Waals surface area contributed by atoms with Gasteiger partial charge < -0.3 is 5.32 Å². The number of nitrogens with one attached hydrogen (secondary N) is 1. The van der Waals surface area contributed by atoms with Gasteiger partial charge in [0.1, 0.15) is 16.5 Å². The van der Waals surface area contributed by atoms with Gasteiger partial charge in [-0.05, 0) is 24.6 Å². The first kappa shape index (κ1) is 13.0. The van der Waals surface area contributed by atoms with Crippen molar-refractivity contribution in [1.82, 2.24) is 20.5 Å². The third-order valence-electron chi connectivity index (χ3n) is 2.24. The highest BCUT2D eigenvalue weighted by molar-refractivity contribution is 7.14. The summed E-state index contributed by atoms with van der Waals surface area (Å²) in [7, 11) is 0. The van der Waals surface area contributed by atoms with Crippen LogP contribution in [0.2, 0.25) is 0 Å². The lowest BCUT2D eigenvalue weighted by Gasteiger charge is -2.03. The number of pyridine rings is 1. The van der Waals surface area contributed by atoms with Gasteiger partial charge in [-0.1, -0.05) is 25.2 Å². The molecule has 18 heavy (non-hydrogen) atoms. The zero-order valence-electron chi connectivity index (χ0n) is 10.4. The Balaban J connectivity index is 1.99. The highest BCUT2D eigenvalue weighted by Gasteiger charge is 2.07. The second-order valence-corrected chi connectivity index (χ2v) is 5.45. The second-order valence-electron chi connectivity index (χ2n) is 4.39. The summed E-state index contributed by atoms with van der Waals surface area (Å²) in [5, 5.41) is 13.1. The molecule has 2 rings (SSSR count). The summed E-state index contributed by atoms with van der Waals surface area (Å²) in [5.74, 6) is 0.262. The van der Waals surface area contributed by atoms with Gasteiger partial charge in [0.15, 0.2) is 5.01 Å². The van der Waals surface area contributed by atoms with Crippen molar-refractivity contribution in [2.75, 3.05) is 6.54 Å². The first-order valence-electron chi connectivity index (χ1n) is 5.80. The molecule has 0 aliphatic carbocycles. The third kappa shape index (κ3) is 3.54. The Hall–Kier alpha value is -1.40. The average Bonchev–Trinajstić information content (AvgIpc) is 2.78. The van der Waals surface area contributed by atoms with Crippen LogP contribution in [0.15, 0.2) is 18.3 Å². The first-order valence-corrected chi connectivity index (χ1v) is 6.62. The van der Waals surface area contributed by atoms with Crippen molar-refractivity contribution < 1.29 is 4.39 Å². The Morgan fingerprint density at radius 1 is 1.33 bits per heavy atom. The summed E-state index contributed by atoms with van der Waals surface area (Å²) in [4.78, 5) is 3.98. The van der Waals surface area contributed by atoms with Gasteiger partial charge in [-0.15, -0.1) is 10.2 Å². The predicted octanol–water partition coefficient (Wildman–Crippen LogP) is 2.48. The summed E-state index contributed by atoms with van der Waals surface area (Å²) in [6, 6.07) is 2.99. The van der Waals surface area contributed by atoms with Crippen LogP contribution in [0.1, 0.15) is 18.9 Å². The van der Waals surface area contributed by atoms with Crippen molar-refractivity contribution >= 4 is 11.3 Å². The summed E-state index contributed by atoms with van der Waals surface area (Å²) >= 11 is 1.47. The molecule has 6 heteroatoms. The van der Waals surface area contributed by atoms with E-state index in [1.807, 2.05) is 0 Å². The zero-order valence-corrected chi connectivity index (χ0v) is 11.2. The lowest BCUT2D eigenvalue weighted by molar-refractivity contribution is 0.550. The molecular weight excluding hydrogens is 251 g/mol. The van der Waals surface area contributed by atoms with E-state index in [4.69, 9.17) is 0 Å².